The fourth-order valence-corrected chi connectivity index (χ4v) is 2.99. The summed E-state index contributed by atoms with van der Waals surface area (Å²) >= 11 is 1.90. The molecule has 0 aromatic heterocycles. The first-order valence-electron chi connectivity index (χ1n) is 5.87. The van der Waals surface area contributed by atoms with Gasteiger partial charge in [-0.3, -0.25) is 0 Å². The van der Waals surface area contributed by atoms with Crippen LogP contribution < -0.4 is 9.47 Å². The van der Waals surface area contributed by atoms with Crippen LogP contribution in [0.4, 0.5) is 0 Å². The van der Waals surface area contributed by atoms with E-state index in [2.05, 4.69) is 0 Å². The van der Waals surface area contributed by atoms with Gasteiger partial charge < -0.3 is 14.6 Å². The van der Waals surface area contributed by atoms with Crippen LogP contribution in [0.3, 0.4) is 0 Å². The van der Waals surface area contributed by atoms with Crippen LogP contribution in [0.15, 0.2) is 18.2 Å². The molecule has 1 fully saturated rings. The first kappa shape index (κ1) is 13.1. The summed E-state index contributed by atoms with van der Waals surface area (Å²) in [6.07, 6.45) is 1.98. The number of rotatable bonds is 4. The molecular formula is C13H16O4S. The standard InChI is InChI=1S/C13H16O4S/c1-16-11-4-2-3-10(13(14)15)12(11)17-9-5-7-18-8-6-9/h2-4,9H,5-8H2,1H3,(H,14,15). The van der Waals surface area contributed by atoms with Crippen LogP contribution in [0.25, 0.3) is 0 Å². The molecule has 4 nitrogen and oxygen atoms in total. The minimum atomic E-state index is -0.992. The molecule has 1 N–H and O–H groups in total. The molecule has 98 valence electrons. The van der Waals surface area contributed by atoms with Crippen molar-refractivity contribution in [1.82, 2.24) is 0 Å². The molecular weight excluding hydrogens is 252 g/mol. The Labute approximate surface area is 110 Å². The topological polar surface area (TPSA) is 55.8 Å². The molecule has 0 saturated carbocycles. The fraction of sp³-hybridized carbons (Fsp3) is 0.462. The van der Waals surface area contributed by atoms with Crippen molar-refractivity contribution in [2.24, 2.45) is 0 Å². The van der Waals surface area contributed by atoms with Crippen molar-refractivity contribution >= 4 is 17.7 Å². The lowest BCUT2D eigenvalue weighted by Gasteiger charge is -2.24. The van der Waals surface area contributed by atoms with Gasteiger partial charge in [0.1, 0.15) is 11.7 Å². The number of hydrogen-bond donors (Lipinski definition) is 1. The number of carboxylic acid groups (broad SMARTS) is 1. The van der Waals surface area contributed by atoms with Crippen LogP contribution in [0.1, 0.15) is 23.2 Å². The number of thioether (sulfide) groups is 1. The zero-order valence-electron chi connectivity index (χ0n) is 10.2. The van der Waals surface area contributed by atoms with E-state index in [0.717, 1.165) is 24.3 Å². The van der Waals surface area contributed by atoms with E-state index in [1.165, 1.54) is 13.2 Å². The van der Waals surface area contributed by atoms with Crippen molar-refractivity contribution in [1.29, 1.82) is 0 Å². The van der Waals surface area contributed by atoms with Gasteiger partial charge in [0, 0.05) is 0 Å². The molecule has 0 atom stereocenters. The van der Waals surface area contributed by atoms with Gasteiger partial charge in [0.25, 0.3) is 0 Å². The lowest BCUT2D eigenvalue weighted by atomic mass is 10.1. The van der Waals surface area contributed by atoms with Crippen LogP contribution >= 0.6 is 11.8 Å². The van der Waals surface area contributed by atoms with Gasteiger partial charge in [-0.25, -0.2) is 4.79 Å². The number of carbonyl (C=O) groups is 1. The number of para-hydroxylation sites is 1. The maximum atomic E-state index is 11.2. The minimum Gasteiger partial charge on any atom is -0.493 e. The van der Waals surface area contributed by atoms with Gasteiger partial charge in [-0.1, -0.05) is 6.07 Å². The molecule has 0 radical (unpaired) electrons. The van der Waals surface area contributed by atoms with Crippen molar-refractivity contribution in [3.05, 3.63) is 23.8 Å². The molecule has 1 aromatic carbocycles. The van der Waals surface area contributed by atoms with E-state index in [4.69, 9.17) is 9.47 Å². The number of methoxy groups -OCH3 is 1. The van der Waals surface area contributed by atoms with Gasteiger partial charge in [-0.05, 0) is 36.5 Å². The predicted octanol–water partition coefficient (Wildman–Crippen LogP) is 2.67. The second-order valence-corrected chi connectivity index (χ2v) is 5.30. The van der Waals surface area contributed by atoms with Gasteiger partial charge in [0.05, 0.1) is 7.11 Å². The van der Waals surface area contributed by atoms with Crippen molar-refractivity contribution in [2.45, 2.75) is 18.9 Å². The summed E-state index contributed by atoms with van der Waals surface area (Å²) in [7, 11) is 1.52. The predicted molar refractivity (Wildman–Crippen MR) is 70.9 cm³/mol. The Morgan fingerprint density at radius 1 is 1.39 bits per heavy atom. The monoisotopic (exact) mass is 268 g/mol. The molecule has 1 aliphatic heterocycles. The van der Waals surface area contributed by atoms with Crippen molar-refractivity contribution < 1.29 is 19.4 Å². The molecule has 0 unspecified atom stereocenters. The first-order chi connectivity index (χ1) is 8.72. The maximum absolute atomic E-state index is 11.2. The molecule has 0 amide bonds. The van der Waals surface area contributed by atoms with Crippen LogP contribution in [0, 0.1) is 0 Å². The summed E-state index contributed by atoms with van der Waals surface area (Å²) < 4.78 is 11.0. The van der Waals surface area contributed by atoms with Crippen LogP contribution in [0.2, 0.25) is 0 Å². The second kappa shape index (κ2) is 6.00. The summed E-state index contributed by atoms with van der Waals surface area (Å²) in [4.78, 5) is 11.2. The summed E-state index contributed by atoms with van der Waals surface area (Å²) in [6.45, 7) is 0. The van der Waals surface area contributed by atoms with E-state index in [1.54, 1.807) is 12.1 Å². The number of hydrogen-bond acceptors (Lipinski definition) is 4. The van der Waals surface area contributed by atoms with E-state index in [-0.39, 0.29) is 11.7 Å². The number of carboxylic acids is 1. The summed E-state index contributed by atoms with van der Waals surface area (Å²) in [5, 5.41) is 9.18. The molecule has 18 heavy (non-hydrogen) atoms. The molecule has 1 saturated heterocycles. The quantitative estimate of drug-likeness (QED) is 0.909. The van der Waals surface area contributed by atoms with Gasteiger partial charge in [-0.2, -0.15) is 11.8 Å². The smallest absolute Gasteiger partial charge is 0.339 e. The summed E-state index contributed by atoms with van der Waals surface area (Å²) in [5.74, 6) is 1.95. The van der Waals surface area contributed by atoms with Crippen molar-refractivity contribution in [2.75, 3.05) is 18.6 Å². The summed E-state index contributed by atoms with van der Waals surface area (Å²) in [5.41, 5.74) is 0.160. The van der Waals surface area contributed by atoms with Crippen molar-refractivity contribution in [3.8, 4) is 11.5 Å². The Bertz CT molecular complexity index is 427. The third kappa shape index (κ3) is 2.90. The van der Waals surface area contributed by atoms with Gasteiger partial charge in [-0.15, -0.1) is 0 Å². The Kier molecular flexibility index (Phi) is 4.36. The molecule has 0 aliphatic carbocycles. The molecule has 0 spiro atoms. The SMILES string of the molecule is COc1cccc(C(=O)O)c1OC1CCSCC1. The van der Waals surface area contributed by atoms with Gasteiger partial charge in [0.15, 0.2) is 11.5 Å². The molecule has 5 heteroatoms. The van der Waals surface area contributed by atoms with E-state index in [9.17, 15) is 9.90 Å². The zero-order valence-corrected chi connectivity index (χ0v) is 11.0. The third-order valence-corrected chi connectivity index (χ3v) is 3.93. The summed E-state index contributed by atoms with van der Waals surface area (Å²) in [6, 6.07) is 4.92. The van der Waals surface area contributed by atoms with Gasteiger partial charge in [0.2, 0.25) is 0 Å². The molecule has 0 bridgehead atoms. The average molecular weight is 268 g/mol. The number of ether oxygens (including phenoxy) is 2. The highest BCUT2D eigenvalue weighted by atomic mass is 32.2. The van der Waals surface area contributed by atoms with E-state index >= 15 is 0 Å². The molecule has 1 aromatic rings. The number of benzene rings is 1. The fourth-order valence-electron chi connectivity index (χ4n) is 1.93. The lowest BCUT2D eigenvalue weighted by molar-refractivity contribution is 0.0687. The average Bonchev–Trinajstić information content (AvgIpc) is 2.40. The van der Waals surface area contributed by atoms with Crippen LogP contribution in [-0.4, -0.2) is 35.8 Å². The Morgan fingerprint density at radius 3 is 2.72 bits per heavy atom. The van der Waals surface area contributed by atoms with Crippen LogP contribution in [0.5, 0.6) is 11.5 Å². The minimum absolute atomic E-state index is 0.0839. The first-order valence-corrected chi connectivity index (χ1v) is 7.02. The van der Waals surface area contributed by atoms with E-state index in [1.807, 2.05) is 11.8 Å². The van der Waals surface area contributed by atoms with E-state index < -0.39 is 5.97 Å². The van der Waals surface area contributed by atoms with Crippen molar-refractivity contribution in [3.63, 3.8) is 0 Å². The second-order valence-electron chi connectivity index (χ2n) is 4.07. The maximum Gasteiger partial charge on any atom is 0.339 e. The highest BCUT2D eigenvalue weighted by Crippen LogP contribution is 2.34. The lowest BCUT2D eigenvalue weighted by Crippen LogP contribution is -2.23. The highest BCUT2D eigenvalue weighted by molar-refractivity contribution is 7.99. The highest BCUT2D eigenvalue weighted by Gasteiger charge is 2.21. The normalized spacial score (nSPS) is 16.3. The third-order valence-electron chi connectivity index (χ3n) is 2.88. The van der Waals surface area contributed by atoms with Gasteiger partial charge >= 0.3 is 5.97 Å². The Morgan fingerprint density at radius 2 is 2.11 bits per heavy atom. The zero-order chi connectivity index (χ0) is 13.0. The molecule has 2 rings (SSSR count). The number of aromatic carboxylic acids is 1. The van der Waals surface area contributed by atoms with E-state index in [0.29, 0.717) is 11.5 Å². The Balaban J connectivity index is 2.25. The molecule has 1 heterocycles. The van der Waals surface area contributed by atoms with Crippen LogP contribution in [-0.2, 0) is 0 Å². The Hall–Kier alpha value is -1.36. The molecule has 1 aliphatic rings. The largest absolute Gasteiger partial charge is 0.493 e.